The second-order valence-electron chi connectivity index (χ2n) is 5.40. The summed E-state index contributed by atoms with van der Waals surface area (Å²) in [5.41, 5.74) is 0.947. The maximum atomic E-state index is 12.3. The van der Waals surface area contributed by atoms with Crippen molar-refractivity contribution in [3.63, 3.8) is 0 Å². The van der Waals surface area contributed by atoms with Gasteiger partial charge in [-0.15, -0.1) is 0 Å². The third kappa shape index (κ3) is 6.83. The average molecular weight is 306 g/mol. The Morgan fingerprint density at radius 2 is 1.64 bits per heavy atom. The number of amides is 1. The molecule has 0 saturated heterocycles. The topological polar surface area (TPSA) is 41.6 Å². The lowest BCUT2D eigenvalue weighted by atomic mass is 10.2. The fraction of sp³-hybridized carbons (Fsp3) is 0.611. The van der Waals surface area contributed by atoms with Crippen molar-refractivity contribution in [1.82, 2.24) is 4.90 Å². The lowest BCUT2D eigenvalue weighted by Gasteiger charge is -2.23. The number of unbranched alkanes of at least 4 members (excludes halogenated alkanes) is 2. The maximum Gasteiger partial charge on any atom is 0.241 e. The van der Waals surface area contributed by atoms with Gasteiger partial charge in [-0.25, -0.2) is 0 Å². The van der Waals surface area contributed by atoms with Crippen LogP contribution >= 0.6 is 0 Å². The predicted molar refractivity (Wildman–Crippen MR) is 92.5 cm³/mol. The zero-order valence-electron chi connectivity index (χ0n) is 14.2. The molecule has 22 heavy (non-hydrogen) atoms. The summed E-state index contributed by atoms with van der Waals surface area (Å²) in [6.45, 7) is 9.00. The van der Waals surface area contributed by atoms with Gasteiger partial charge in [0.25, 0.3) is 0 Å². The number of hydrogen-bond acceptors (Lipinski definition) is 3. The Morgan fingerprint density at radius 3 is 2.14 bits per heavy atom. The standard InChI is InChI=1S/C18H30N2O2/c1-4-7-13-20(14-8-5-2)18(21)15-19-16-9-11-17(12-10-16)22-6-3/h9-12,19H,4-8,13-15H2,1-3H3. The normalized spacial score (nSPS) is 10.3. The number of rotatable bonds is 11. The van der Waals surface area contributed by atoms with Crippen molar-refractivity contribution in [3.8, 4) is 5.75 Å². The Balaban J connectivity index is 2.46. The Kier molecular flexibility index (Phi) is 9.12. The van der Waals surface area contributed by atoms with Crippen LogP contribution in [0.15, 0.2) is 24.3 Å². The summed E-state index contributed by atoms with van der Waals surface area (Å²) in [6.07, 6.45) is 4.36. The zero-order valence-corrected chi connectivity index (χ0v) is 14.2. The van der Waals surface area contributed by atoms with E-state index in [2.05, 4.69) is 19.2 Å². The van der Waals surface area contributed by atoms with Gasteiger partial charge in [0.15, 0.2) is 0 Å². The quantitative estimate of drug-likeness (QED) is 0.673. The second-order valence-corrected chi connectivity index (χ2v) is 5.40. The molecule has 0 aliphatic carbocycles. The van der Waals surface area contributed by atoms with Gasteiger partial charge in [-0.3, -0.25) is 4.79 Å². The Hall–Kier alpha value is -1.71. The third-order valence-corrected chi connectivity index (χ3v) is 3.52. The molecule has 4 nitrogen and oxygen atoms in total. The van der Waals surface area contributed by atoms with Gasteiger partial charge in [-0.05, 0) is 44.0 Å². The van der Waals surface area contributed by atoms with Crippen LogP contribution in [0.4, 0.5) is 5.69 Å². The minimum absolute atomic E-state index is 0.177. The molecule has 0 radical (unpaired) electrons. The highest BCUT2D eigenvalue weighted by molar-refractivity contribution is 5.80. The summed E-state index contributed by atoms with van der Waals surface area (Å²) < 4.78 is 5.41. The van der Waals surface area contributed by atoms with Gasteiger partial charge in [-0.1, -0.05) is 26.7 Å². The van der Waals surface area contributed by atoms with Crippen LogP contribution in [0, 0.1) is 0 Å². The molecule has 1 aromatic carbocycles. The fourth-order valence-corrected chi connectivity index (χ4v) is 2.18. The molecule has 0 bridgehead atoms. The van der Waals surface area contributed by atoms with Crippen molar-refractivity contribution in [2.75, 3.05) is 31.6 Å². The summed E-state index contributed by atoms with van der Waals surface area (Å²) in [5, 5.41) is 3.20. The monoisotopic (exact) mass is 306 g/mol. The van der Waals surface area contributed by atoms with E-state index in [1.165, 1.54) is 0 Å². The first-order chi connectivity index (χ1) is 10.7. The fourth-order valence-electron chi connectivity index (χ4n) is 2.18. The van der Waals surface area contributed by atoms with Crippen LogP contribution in [0.25, 0.3) is 0 Å². The lowest BCUT2D eigenvalue weighted by Crippen LogP contribution is -2.37. The molecule has 0 spiro atoms. The van der Waals surface area contributed by atoms with E-state index in [0.717, 1.165) is 50.2 Å². The molecular formula is C18H30N2O2. The molecule has 4 heteroatoms. The van der Waals surface area contributed by atoms with Gasteiger partial charge in [0.2, 0.25) is 5.91 Å². The van der Waals surface area contributed by atoms with Crippen LogP contribution in [0.2, 0.25) is 0 Å². The molecular weight excluding hydrogens is 276 g/mol. The van der Waals surface area contributed by atoms with E-state index in [4.69, 9.17) is 4.74 Å². The predicted octanol–water partition coefficient (Wildman–Crippen LogP) is 3.93. The van der Waals surface area contributed by atoms with E-state index < -0.39 is 0 Å². The van der Waals surface area contributed by atoms with E-state index in [1.54, 1.807) is 0 Å². The van der Waals surface area contributed by atoms with Gasteiger partial charge in [-0.2, -0.15) is 0 Å². The van der Waals surface area contributed by atoms with Gasteiger partial charge in [0.05, 0.1) is 13.2 Å². The number of ether oxygens (including phenoxy) is 1. The van der Waals surface area contributed by atoms with Crippen molar-refractivity contribution in [2.45, 2.75) is 46.5 Å². The molecule has 0 aliphatic rings. The molecule has 0 saturated carbocycles. The first-order valence-electron chi connectivity index (χ1n) is 8.45. The SMILES string of the molecule is CCCCN(CCCC)C(=O)CNc1ccc(OCC)cc1. The molecule has 1 amide bonds. The number of nitrogens with one attached hydrogen (secondary N) is 1. The van der Waals surface area contributed by atoms with E-state index >= 15 is 0 Å². The van der Waals surface area contributed by atoms with E-state index in [1.807, 2.05) is 36.1 Å². The highest BCUT2D eigenvalue weighted by Gasteiger charge is 2.12. The molecule has 0 atom stereocenters. The summed E-state index contributed by atoms with van der Waals surface area (Å²) in [5.74, 6) is 1.03. The number of benzene rings is 1. The molecule has 0 aromatic heterocycles. The van der Waals surface area contributed by atoms with Crippen LogP contribution < -0.4 is 10.1 Å². The summed E-state index contributed by atoms with van der Waals surface area (Å²) in [4.78, 5) is 14.3. The zero-order chi connectivity index (χ0) is 16.2. The summed E-state index contributed by atoms with van der Waals surface area (Å²) in [6, 6.07) is 7.73. The lowest BCUT2D eigenvalue weighted by molar-refractivity contribution is -0.129. The van der Waals surface area contributed by atoms with E-state index in [-0.39, 0.29) is 5.91 Å². The van der Waals surface area contributed by atoms with Gasteiger partial charge < -0.3 is 15.0 Å². The number of anilines is 1. The first kappa shape index (κ1) is 18.3. The Bertz CT molecular complexity index is 410. The molecule has 124 valence electrons. The van der Waals surface area contributed by atoms with Crippen molar-refractivity contribution < 1.29 is 9.53 Å². The second kappa shape index (κ2) is 10.9. The minimum Gasteiger partial charge on any atom is -0.494 e. The van der Waals surface area contributed by atoms with Gasteiger partial charge in [0, 0.05) is 18.8 Å². The smallest absolute Gasteiger partial charge is 0.241 e. The van der Waals surface area contributed by atoms with Crippen LogP contribution in [0.1, 0.15) is 46.5 Å². The summed E-state index contributed by atoms with van der Waals surface area (Å²) >= 11 is 0. The van der Waals surface area contributed by atoms with Crippen molar-refractivity contribution in [3.05, 3.63) is 24.3 Å². The van der Waals surface area contributed by atoms with E-state index in [0.29, 0.717) is 13.2 Å². The van der Waals surface area contributed by atoms with Crippen LogP contribution in [-0.2, 0) is 4.79 Å². The third-order valence-electron chi connectivity index (χ3n) is 3.52. The van der Waals surface area contributed by atoms with Crippen LogP contribution in [-0.4, -0.2) is 37.0 Å². The number of carbonyl (C=O) groups is 1. The van der Waals surface area contributed by atoms with Gasteiger partial charge >= 0.3 is 0 Å². The van der Waals surface area contributed by atoms with Gasteiger partial charge in [0.1, 0.15) is 5.75 Å². The minimum atomic E-state index is 0.177. The molecule has 1 aromatic rings. The molecule has 0 fully saturated rings. The van der Waals surface area contributed by atoms with Crippen molar-refractivity contribution in [2.24, 2.45) is 0 Å². The van der Waals surface area contributed by atoms with Crippen LogP contribution in [0.3, 0.4) is 0 Å². The van der Waals surface area contributed by atoms with Crippen molar-refractivity contribution in [1.29, 1.82) is 0 Å². The molecule has 0 unspecified atom stereocenters. The highest BCUT2D eigenvalue weighted by Crippen LogP contribution is 2.15. The molecule has 0 aliphatic heterocycles. The molecule has 1 N–H and O–H groups in total. The molecule has 1 rings (SSSR count). The largest absolute Gasteiger partial charge is 0.494 e. The summed E-state index contributed by atoms with van der Waals surface area (Å²) in [7, 11) is 0. The first-order valence-corrected chi connectivity index (χ1v) is 8.45. The van der Waals surface area contributed by atoms with E-state index in [9.17, 15) is 4.79 Å². The average Bonchev–Trinajstić information content (AvgIpc) is 2.54. The highest BCUT2D eigenvalue weighted by atomic mass is 16.5. The Morgan fingerprint density at radius 1 is 1.05 bits per heavy atom. The number of hydrogen-bond donors (Lipinski definition) is 1. The number of nitrogens with zero attached hydrogens (tertiary/aromatic N) is 1. The number of carbonyl (C=O) groups excluding carboxylic acids is 1. The molecule has 0 heterocycles. The maximum absolute atomic E-state index is 12.3. The van der Waals surface area contributed by atoms with Crippen LogP contribution in [0.5, 0.6) is 5.75 Å². The Labute approximate surface area is 134 Å². The van der Waals surface area contributed by atoms with Crippen molar-refractivity contribution >= 4 is 11.6 Å².